The van der Waals surface area contributed by atoms with E-state index in [4.69, 9.17) is 15.9 Å². The van der Waals surface area contributed by atoms with Gasteiger partial charge in [0.05, 0.1) is 23.4 Å². The molecule has 24 heavy (non-hydrogen) atoms. The van der Waals surface area contributed by atoms with E-state index in [-0.39, 0.29) is 12.8 Å². The largest absolute Gasteiger partial charge is 0.481 e. The van der Waals surface area contributed by atoms with Gasteiger partial charge >= 0.3 is 17.9 Å². The maximum absolute atomic E-state index is 12.5. The van der Waals surface area contributed by atoms with Crippen LogP contribution in [-0.4, -0.2) is 30.1 Å². The lowest BCUT2D eigenvalue weighted by Gasteiger charge is -2.37. The minimum atomic E-state index is -1.27. The van der Waals surface area contributed by atoms with E-state index >= 15 is 0 Å². The highest BCUT2D eigenvalue weighted by molar-refractivity contribution is 5.82. The predicted octanol–water partition coefficient (Wildman–Crippen LogP) is 2.22. The van der Waals surface area contributed by atoms with E-state index in [1.807, 2.05) is 5.92 Å². The molecule has 0 bridgehead atoms. The van der Waals surface area contributed by atoms with Crippen molar-refractivity contribution in [3.8, 4) is 24.4 Å². The van der Waals surface area contributed by atoms with Crippen molar-refractivity contribution in [1.29, 1.82) is 0 Å². The number of methoxy groups -OCH3 is 1. The number of hydrogen-bond donors (Lipinski definition) is 1. The minimum absolute atomic E-state index is 0.0277. The lowest BCUT2D eigenvalue weighted by molar-refractivity contribution is -0.161. The lowest BCUT2D eigenvalue weighted by atomic mass is 9.66. The molecular formula is C18H24O6. The third kappa shape index (κ3) is 5.62. The number of terminal acetylenes is 1. The van der Waals surface area contributed by atoms with Crippen LogP contribution in [-0.2, 0) is 23.9 Å². The van der Waals surface area contributed by atoms with Crippen molar-refractivity contribution in [2.24, 2.45) is 16.2 Å². The zero-order chi connectivity index (χ0) is 19.2. The highest BCUT2D eigenvalue weighted by atomic mass is 16.5. The first kappa shape index (κ1) is 21.5. The zero-order valence-electron chi connectivity index (χ0n) is 15.0. The molecule has 0 aliphatic heterocycles. The molecule has 0 fully saturated rings. The Bertz CT molecular complexity index is 612. The van der Waals surface area contributed by atoms with Gasteiger partial charge in [0.1, 0.15) is 6.11 Å². The van der Waals surface area contributed by atoms with Crippen LogP contribution in [0.5, 0.6) is 0 Å². The van der Waals surface area contributed by atoms with Crippen LogP contribution in [0.15, 0.2) is 0 Å². The molecule has 0 radical (unpaired) electrons. The molecule has 0 aromatic rings. The van der Waals surface area contributed by atoms with Gasteiger partial charge in [0, 0.05) is 5.92 Å². The number of esters is 2. The monoisotopic (exact) mass is 336 g/mol. The van der Waals surface area contributed by atoms with Crippen LogP contribution in [0.3, 0.4) is 0 Å². The average Bonchev–Trinajstić information content (AvgIpc) is 2.44. The van der Waals surface area contributed by atoms with E-state index in [0.29, 0.717) is 0 Å². The second-order valence-corrected chi connectivity index (χ2v) is 7.24. The van der Waals surface area contributed by atoms with Crippen LogP contribution in [0.25, 0.3) is 0 Å². The summed E-state index contributed by atoms with van der Waals surface area (Å²) < 4.78 is 9.60. The molecule has 0 rings (SSSR count). The van der Waals surface area contributed by atoms with E-state index in [9.17, 15) is 19.5 Å². The quantitative estimate of drug-likeness (QED) is 0.566. The Balaban J connectivity index is 5.75. The maximum atomic E-state index is 12.5. The van der Waals surface area contributed by atoms with Crippen molar-refractivity contribution in [3.05, 3.63) is 0 Å². The molecule has 6 heteroatoms. The number of carbonyl (C=O) groups excluding carboxylic acids is 2. The Morgan fingerprint density at radius 1 is 1.00 bits per heavy atom. The maximum Gasteiger partial charge on any atom is 0.325 e. The number of ether oxygens (including phenoxy) is 2. The van der Waals surface area contributed by atoms with Gasteiger partial charge in [0.15, 0.2) is 0 Å². The molecule has 0 aromatic heterocycles. The number of carbonyl (C=O) groups is 3. The number of hydrogen-bond acceptors (Lipinski definition) is 5. The smallest absolute Gasteiger partial charge is 0.325 e. The van der Waals surface area contributed by atoms with Gasteiger partial charge in [-0.15, -0.1) is 6.42 Å². The van der Waals surface area contributed by atoms with Crippen molar-refractivity contribution in [1.82, 2.24) is 0 Å². The van der Waals surface area contributed by atoms with Crippen LogP contribution in [0.1, 0.15) is 47.5 Å². The summed E-state index contributed by atoms with van der Waals surface area (Å²) in [5.41, 5.74) is -3.50. The highest BCUT2D eigenvalue weighted by Gasteiger charge is 2.48. The van der Waals surface area contributed by atoms with Crippen molar-refractivity contribution in [3.63, 3.8) is 0 Å². The van der Waals surface area contributed by atoms with E-state index in [1.54, 1.807) is 20.8 Å². The van der Waals surface area contributed by atoms with Crippen LogP contribution >= 0.6 is 0 Å². The third-order valence-corrected chi connectivity index (χ3v) is 3.74. The van der Waals surface area contributed by atoms with Crippen molar-refractivity contribution in [2.45, 2.75) is 47.5 Å². The first-order chi connectivity index (χ1) is 10.8. The second kappa shape index (κ2) is 7.88. The Kier molecular flexibility index (Phi) is 7.07. The molecule has 1 unspecified atom stereocenters. The summed E-state index contributed by atoms with van der Waals surface area (Å²) in [6.07, 6.45) is 7.03. The van der Waals surface area contributed by atoms with E-state index in [0.717, 1.165) is 0 Å². The van der Waals surface area contributed by atoms with E-state index in [1.165, 1.54) is 21.0 Å². The van der Waals surface area contributed by atoms with Gasteiger partial charge in [-0.25, -0.2) is 0 Å². The van der Waals surface area contributed by atoms with Crippen LogP contribution in [0.4, 0.5) is 0 Å². The van der Waals surface area contributed by atoms with Gasteiger partial charge in [0.2, 0.25) is 0 Å². The molecule has 0 heterocycles. The van der Waals surface area contributed by atoms with Crippen molar-refractivity contribution in [2.75, 3.05) is 7.11 Å². The number of aliphatic carboxylic acids is 1. The molecule has 0 spiro atoms. The third-order valence-electron chi connectivity index (χ3n) is 3.74. The number of rotatable bonds is 7. The van der Waals surface area contributed by atoms with Crippen molar-refractivity contribution >= 4 is 17.9 Å². The second-order valence-electron chi connectivity index (χ2n) is 7.24. The van der Waals surface area contributed by atoms with E-state index in [2.05, 4.69) is 12.0 Å². The molecule has 0 aromatic carbocycles. The van der Waals surface area contributed by atoms with Gasteiger partial charge < -0.3 is 14.6 Å². The van der Waals surface area contributed by atoms with Gasteiger partial charge in [-0.2, -0.15) is 0 Å². The lowest BCUT2D eigenvalue weighted by Crippen LogP contribution is -2.42. The summed E-state index contributed by atoms with van der Waals surface area (Å²) >= 11 is 0. The Morgan fingerprint density at radius 2 is 1.50 bits per heavy atom. The molecule has 0 saturated carbocycles. The summed E-state index contributed by atoms with van der Waals surface area (Å²) in [5.74, 6) is 1.86. The Hall–Kier alpha value is -2.47. The molecule has 0 saturated heterocycles. The van der Waals surface area contributed by atoms with Crippen LogP contribution in [0, 0.1) is 40.6 Å². The highest BCUT2D eigenvalue weighted by Crippen LogP contribution is 2.43. The van der Waals surface area contributed by atoms with Gasteiger partial charge in [0.25, 0.3) is 0 Å². The zero-order valence-corrected chi connectivity index (χ0v) is 15.0. The standard InChI is InChI=1S/C18H24O6/c1-8-9-10-24-15(22)18(6,11-16(2,3)13(19)20)12-17(4,5)14(21)23-7/h1H,11-12H2,2-7H3,(H,19,20). The number of carboxylic acids is 1. The topological polar surface area (TPSA) is 89.9 Å². The molecule has 1 N–H and O–H groups in total. The van der Waals surface area contributed by atoms with Gasteiger partial charge in [-0.1, -0.05) is 0 Å². The molecule has 0 amide bonds. The Labute approximate surface area is 142 Å². The van der Waals surface area contributed by atoms with Gasteiger partial charge in [-0.05, 0) is 53.4 Å². The fourth-order valence-corrected chi connectivity index (χ4v) is 2.81. The Morgan fingerprint density at radius 3 is 1.92 bits per heavy atom. The first-order valence-electron chi connectivity index (χ1n) is 7.31. The normalized spacial score (nSPS) is 13.5. The molecule has 1 atom stereocenters. The first-order valence-corrected chi connectivity index (χ1v) is 7.31. The summed E-state index contributed by atoms with van der Waals surface area (Å²) in [7, 11) is 1.25. The predicted molar refractivity (Wildman–Crippen MR) is 87.3 cm³/mol. The molecule has 132 valence electrons. The summed E-state index contributed by atoms with van der Waals surface area (Å²) in [6.45, 7) is 7.77. The molecule has 0 aliphatic rings. The molecule has 6 nitrogen and oxygen atoms in total. The SMILES string of the molecule is C#CC#COC(=O)C(C)(CC(C)(C)C(=O)O)CC(C)(C)C(=O)OC. The fourth-order valence-electron chi connectivity index (χ4n) is 2.81. The number of carboxylic acid groups (broad SMARTS) is 1. The minimum Gasteiger partial charge on any atom is -0.481 e. The molecule has 0 aliphatic carbocycles. The van der Waals surface area contributed by atoms with E-state index < -0.39 is 34.2 Å². The van der Waals surface area contributed by atoms with Crippen LogP contribution < -0.4 is 0 Å². The summed E-state index contributed by atoms with van der Waals surface area (Å²) in [6, 6.07) is 0. The average molecular weight is 336 g/mol. The van der Waals surface area contributed by atoms with Gasteiger partial charge in [-0.3, -0.25) is 14.4 Å². The van der Waals surface area contributed by atoms with Crippen molar-refractivity contribution < 1.29 is 29.0 Å². The molecular weight excluding hydrogens is 312 g/mol. The van der Waals surface area contributed by atoms with Crippen LogP contribution in [0.2, 0.25) is 0 Å². The summed E-state index contributed by atoms with van der Waals surface area (Å²) in [4.78, 5) is 35.9. The fraction of sp³-hybridized carbons (Fsp3) is 0.611. The summed E-state index contributed by atoms with van der Waals surface area (Å²) in [5, 5.41) is 9.36.